The molecule has 10 heavy (non-hydrogen) atoms. The fourth-order valence-corrected chi connectivity index (χ4v) is 1.53. The molecule has 0 saturated carbocycles. The van der Waals surface area contributed by atoms with E-state index in [9.17, 15) is 17.3 Å². The summed E-state index contributed by atoms with van der Waals surface area (Å²) < 4.78 is 39.0. The molecule has 1 fully saturated rings. The van der Waals surface area contributed by atoms with Crippen LogP contribution in [0.2, 0.25) is 0 Å². The second-order valence-corrected chi connectivity index (χ2v) is 3.04. The lowest BCUT2D eigenvalue weighted by molar-refractivity contribution is 0.368. The van der Waals surface area contributed by atoms with Crippen LogP contribution in [0.4, 0.5) is 17.3 Å². The van der Waals surface area contributed by atoms with Gasteiger partial charge in [0, 0.05) is 0 Å². The van der Waals surface area contributed by atoms with Crippen molar-refractivity contribution < 1.29 is 17.3 Å². The SMILES string of the molecule is C1CCSC1.F[B-](F)(F)F. The first-order chi connectivity index (χ1) is 4.50. The third-order valence-electron chi connectivity index (χ3n) is 0.827. The lowest BCUT2D eigenvalue weighted by Crippen LogP contribution is -2.02. The van der Waals surface area contributed by atoms with Gasteiger partial charge in [0.25, 0.3) is 0 Å². The van der Waals surface area contributed by atoms with E-state index in [1.165, 1.54) is 24.3 Å². The minimum absolute atomic E-state index is 1.42. The summed E-state index contributed by atoms with van der Waals surface area (Å²) in [4.78, 5) is 0. The van der Waals surface area contributed by atoms with Gasteiger partial charge in [-0.25, -0.2) is 0 Å². The maximum absolute atomic E-state index is 9.75. The third-order valence-corrected chi connectivity index (χ3v) is 1.98. The first kappa shape index (κ1) is 10.1. The normalized spacial score (nSPS) is 18.0. The summed E-state index contributed by atoms with van der Waals surface area (Å²) in [5, 5.41) is 0. The Bertz CT molecular complexity index is 66.2. The first-order valence-corrected chi connectivity index (χ1v) is 4.10. The zero-order valence-electron chi connectivity index (χ0n) is 5.33. The van der Waals surface area contributed by atoms with Gasteiger partial charge < -0.3 is 17.3 Å². The molecule has 0 amide bonds. The molecule has 0 aromatic rings. The zero-order chi connectivity index (χ0) is 8.04. The topological polar surface area (TPSA) is 0 Å². The van der Waals surface area contributed by atoms with E-state index in [4.69, 9.17) is 0 Å². The highest BCUT2D eigenvalue weighted by atomic mass is 32.2. The van der Waals surface area contributed by atoms with Gasteiger partial charge in [-0.3, -0.25) is 0 Å². The Balaban J connectivity index is 0.000000162. The molecule has 0 spiro atoms. The van der Waals surface area contributed by atoms with Gasteiger partial charge in [-0.15, -0.1) is 0 Å². The van der Waals surface area contributed by atoms with Gasteiger partial charge in [0.05, 0.1) is 0 Å². The quantitative estimate of drug-likeness (QED) is 0.402. The van der Waals surface area contributed by atoms with Crippen molar-refractivity contribution in [3.05, 3.63) is 0 Å². The van der Waals surface area contributed by atoms with Crippen molar-refractivity contribution in [2.24, 2.45) is 0 Å². The Hall–Kier alpha value is 0.135. The maximum atomic E-state index is 9.75. The van der Waals surface area contributed by atoms with Gasteiger partial charge in [-0.05, 0) is 24.3 Å². The van der Waals surface area contributed by atoms with Crippen molar-refractivity contribution >= 4 is 19.0 Å². The molecular weight excluding hydrogens is 167 g/mol. The van der Waals surface area contributed by atoms with Crippen LogP contribution in [0.5, 0.6) is 0 Å². The summed E-state index contributed by atoms with van der Waals surface area (Å²) in [7, 11) is -6.00. The lowest BCUT2D eigenvalue weighted by Gasteiger charge is -1.94. The van der Waals surface area contributed by atoms with E-state index in [0.717, 1.165) is 0 Å². The average molecular weight is 175 g/mol. The maximum Gasteiger partial charge on any atom is 0.673 e. The van der Waals surface area contributed by atoms with Gasteiger partial charge in [-0.2, -0.15) is 11.8 Å². The van der Waals surface area contributed by atoms with Crippen LogP contribution < -0.4 is 0 Å². The van der Waals surface area contributed by atoms with Gasteiger partial charge in [0.1, 0.15) is 0 Å². The standard InChI is InChI=1S/C4H8S.BF4/c1-2-4-5-3-1;2-1(3,4)5/h1-4H2;/q;-1. The molecule has 1 aliphatic rings. The Morgan fingerprint density at radius 3 is 1.30 bits per heavy atom. The molecule has 0 N–H and O–H groups in total. The molecule has 1 aliphatic heterocycles. The van der Waals surface area contributed by atoms with E-state index in [1.54, 1.807) is 0 Å². The predicted octanol–water partition coefficient (Wildman–Crippen LogP) is 2.81. The van der Waals surface area contributed by atoms with E-state index < -0.39 is 7.25 Å². The van der Waals surface area contributed by atoms with Gasteiger partial charge >= 0.3 is 7.25 Å². The van der Waals surface area contributed by atoms with Crippen LogP contribution in [0.3, 0.4) is 0 Å². The lowest BCUT2D eigenvalue weighted by atomic mass is 10.3. The molecule has 62 valence electrons. The number of thioether (sulfide) groups is 1. The Morgan fingerprint density at radius 2 is 1.20 bits per heavy atom. The Kier molecular flexibility index (Phi) is 4.94. The summed E-state index contributed by atoms with van der Waals surface area (Å²) in [5.41, 5.74) is 0. The van der Waals surface area contributed by atoms with Crippen molar-refractivity contribution in [2.45, 2.75) is 12.8 Å². The Labute approximate surface area is 61.5 Å². The second-order valence-electron chi connectivity index (χ2n) is 1.81. The zero-order valence-corrected chi connectivity index (χ0v) is 6.14. The van der Waals surface area contributed by atoms with Crippen molar-refractivity contribution in [1.29, 1.82) is 0 Å². The highest BCUT2D eigenvalue weighted by molar-refractivity contribution is 7.99. The van der Waals surface area contributed by atoms with E-state index in [1.807, 2.05) is 0 Å². The molecule has 6 heteroatoms. The number of hydrogen-bond donors (Lipinski definition) is 0. The van der Waals surface area contributed by atoms with E-state index in [-0.39, 0.29) is 0 Å². The van der Waals surface area contributed by atoms with Gasteiger partial charge in [-0.1, -0.05) is 0 Å². The molecule has 1 rings (SSSR count). The van der Waals surface area contributed by atoms with Crippen LogP contribution in [0, 0.1) is 0 Å². The molecule has 0 unspecified atom stereocenters. The first-order valence-electron chi connectivity index (χ1n) is 2.95. The smallest absolute Gasteiger partial charge is 0.418 e. The largest absolute Gasteiger partial charge is 0.673 e. The van der Waals surface area contributed by atoms with Gasteiger partial charge in [0.15, 0.2) is 0 Å². The molecule has 0 aliphatic carbocycles. The molecule has 0 atom stereocenters. The highest BCUT2D eigenvalue weighted by Crippen LogP contribution is 2.14. The molecule has 0 nitrogen and oxygen atoms in total. The van der Waals surface area contributed by atoms with Crippen molar-refractivity contribution in [3.8, 4) is 0 Å². The monoisotopic (exact) mass is 175 g/mol. The predicted molar refractivity (Wildman–Crippen MR) is 36.7 cm³/mol. The van der Waals surface area contributed by atoms with E-state index in [2.05, 4.69) is 11.8 Å². The van der Waals surface area contributed by atoms with Crippen LogP contribution in [-0.4, -0.2) is 18.8 Å². The van der Waals surface area contributed by atoms with E-state index in [0.29, 0.717) is 0 Å². The van der Waals surface area contributed by atoms with Crippen LogP contribution in [0.15, 0.2) is 0 Å². The van der Waals surface area contributed by atoms with Crippen LogP contribution in [0.25, 0.3) is 0 Å². The molecule has 0 radical (unpaired) electrons. The molecule has 0 aromatic carbocycles. The number of rotatable bonds is 0. The van der Waals surface area contributed by atoms with Gasteiger partial charge in [0.2, 0.25) is 0 Å². The second kappa shape index (κ2) is 4.88. The fraction of sp³-hybridized carbons (Fsp3) is 1.00. The molecule has 1 heterocycles. The summed E-state index contributed by atoms with van der Waals surface area (Å²) in [6.45, 7) is 0. The molecule has 0 aromatic heterocycles. The average Bonchev–Trinajstić information content (AvgIpc) is 2.07. The minimum atomic E-state index is -6.00. The number of hydrogen-bond acceptors (Lipinski definition) is 1. The Morgan fingerprint density at radius 1 is 0.900 bits per heavy atom. The summed E-state index contributed by atoms with van der Waals surface area (Å²) in [5.74, 6) is 2.83. The van der Waals surface area contributed by atoms with E-state index >= 15 is 0 Å². The van der Waals surface area contributed by atoms with Crippen molar-refractivity contribution in [1.82, 2.24) is 0 Å². The summed E-state index contributed by atoms with van der Waals surface area (Å²) >= 11 is 2.07. The van der Waals surface area contributed by atoms with Crippen LogP contribution in [0.1, 0.15) is 12.8 Å². The third kappa shape index (κ3) is 15.7. The van der Waals surface area contributed by atoms with Crippen LogP contribution >= 0.6 is 11.8 Å². The molecular formula is C4H8BF4S-. The van der Waals surface area contributed by atoms with Crippen molar-refractivity contribution in [3.63, 3.8) is 0 Å². The molecule has 0 bridgehead atoms. The summed E-state index contributed by atoms with van der Waals surface area (Å²) in [6, 6.07) is 0. The van der Waals surface area contributed by atoms with Crippen LogP contribution in [-0.2, 0) is 0 Å². The summed E-state index contributed by atoms with van der Waals surface area (Å²) in [6.07, 6.45) is 2.93. The highest BCUT2D eigenvalue weighted by Gasteiger charge is 2.20. The molecule has 1 saturated heterocycles. The minimum Gasteiger partial charge on any atom is -0.418 e. The number of halogens is 4. The van der Waals surface area contributed by atoms with Crippen molar-refractivity contribution in [2.75, 3.05) is 11.5 Å². The fourth-order valence-electron chi connectivity index (χ4n) is 0.510.